The zero-order valence-corrected chi connectivity index (χ0v) is 10.9. The fraction of sp³-hybridized carbons (Fsp3) is 0.308. The molecule has 0 aliphatic rings. The zero-order chi connectivity index (χ0) is 13.7. The molecule has 6 heteroatoms. The van der Waals surface area contributed by atoms with Gasteiger partial charge in [-0.15, -0.1) is 0 Å². The van der Waals surface area contributed by atoms with Crippen LogP contribution in [0.4, 0.5) is 0 Å². The van der Waals surface area contributed by atoms with Crippen molar-refractivity contribution in [1.29, 1.82) is 0 Å². The molecule has 1 aromatic heterocycles. The Morgan fingerprint density at radius 3 is 2.74 bits per heavy atom. The Morgan fingerprint density at radius 2 is 2.05 bits per heavy atom. The van der Waals surface area contributed by atoms with E-state index < -0.39 is 5.97 Å². The van der Waals surface area contributed by atoms with Crippen molar-refractivity contribution in [3.8, 4) is 5.88 Å². The van der Waals surface area contributed by atoms with Crippen LogP contribution in [0, 0.1) is 0 Å². The fourth-order valence-corrected chi connectivity index (χ4v) is 1.58. The molecule has 0 amide bonds. The number of carbonyl (C=O) groups excluding carboxylic acids is 1. The summed E-state index contributed by atoms with van der Waals surface area (Å²) in [6.45, 7) is 2.36. The molecular formula is C13H15N3O3. The van der Waals surface area contributed by atoms with Gasteiger partial charge in [-0.2, -0.15) is 0 Å². The van der Waals surface area contributed by atoms with E-state index in [2.05, 4.69) is 10.3 Å². The Hall–Kier alpha value is -2.37. The van der Waals surface area contributed by atoms with Gasteiger partial charge in [0.15, 0.2) is 0 Å². The molecule has 2 rings (SSSR count). The van der Waals surface area contributed by atoms with Crippen LogP contribution in [0.2, 0.25) is 0 Å². The van der Waals surface area contributed by atoms with Crippen molar-refractivity contribution in [1.82, 2.24) is 15.0 Å². The van der Waals surface area contributed by atoms with Crippen LogP contribution >= 0.6 is 0 Å². The van der Waals surface area contributed by atoms with E-state index in [-0.39, 0.29) is 11.6 Å². The molecule has 100 valence electrons. The molecule has 1 heterocycles. The third kappa shape index (κ3) is 3.09. The van der Waals surface area contributed by atoms with Crippen molar-refractivity contribution >= 4 is 5.97 Å². The summed E-state index contributed by atoms with van der Waals surface area (Å²) < 4.78 is 11.8. The fourth-order valence-electron chi connectivity index (χ4n) is 1.58. The van der Waals surface area contributed by atoms with Crippen LogP contribution in [0.3, 0.4) is 0 Å². The van der Waals surface area contributed by atoms with Crippen molar-refractivity contribution < 1.29 is 14.3 Å². The summed E-state index contributed by atoms with van der Waals surface area (Å²) in [5.41, 5.74) is 1.21. The van der Waals surface area contributed by atoms with Gasteiger partial charge in [0.1, 0.15) is 6.61 Å². The molecule has 19 heavy (non-hydrogen) atoms. The molecule has 6 nitrogen and oxygen atoms in total. The standard InChI is InChI=1S/C13H15N3O3/c1-3-18-13(17)11-12(14-15-16(11)2)19-9-10-7-5-4-6-8-10/h4-8H,3,9H2,1-2H3. The zero-order valence-electron chi connectivity index (χ0n) is 10.9. The van der Waals surface area contributed by atoms with E-state index in [1.54, 1.807) is 14.0 Å². The molecule has 0 spiro atoms. The van der Waals surface area contributed by atoms with Gasteiger partial charge in [0.05, 0.1) is 6.61 Å². The van der Waals surface area contributed by atoms with Gasteiger partial charge in [-0.05, 0) is 12.5 Å². The highest BCUT2D eigenvalue weighted by atomic mass is 16.5. The summed E-state index contributed by atoms with van der Waals surface area (Å²) >= 11 is 0. The number of nitrogens with zero attached hydrogens (tertiary/aromatic N) is 3. The van der Waals surface area contributed by atoms with Gasteiger partial charge in [0, 0.05) is 7.05 Å². The number of ether oxygens (including phenoxy) is 2. The Balaban J connectivity index is 2.11. The third-order valence-electron chi connectivity index (χ3n) is 2.48. The van der Waals surface area contributed by atoms with Crippen LogP contribution in [-0.4, -0.2) is 27.6 Å². The van der Waals surface area contributed by atoms with Crippen LogP contribution in [0.25, 0.3) is 0 Å². The van der Waals surface area contributed by atoms with Crippen molar-refractivity contribution in [3.05, 3.63) is 41.6 Å². The molecule has 1 aromatic carbocycles. The van der Waals surface area contributed by atoms with Gasteiger partial charge in [-0.1, -0.05) is 40.6 Å². The minimum Gasteiger partial charge on any atom is -0.470 e. The number of carbonyl (C=O) groups is 1. The Morgan fingerprint density at radius 1 is 1.32 bits per heavy atom. The molecular weight excluding hydrogens is 246 g/mol. The molecule has 0 saturated heterocycles. The van der Waals surface area contributed by atoms with Crippen molar-refractivity contribution in [2.75, 3.05) is 6.61 Å². The van der Waals surface area contributed by atoms with Crippen LogP contribution in [0.15, 0.2) is 30.3 Å². The smallest absolute Gasteiger partial charge is 0.362 e. The number of aromatic nitrogens is 3. The average Bonchev–Trinajstić information content (AvgIpc) is 2.79. The predicted molar refractivity (Wildman–Crippen MR) is 67.7 cm³/mol. The summed E-state index contributed by atoms with van der Waals surface area (Å²) in [7, 11) is 1.62. The van der Waals surface area contributed by atoms with E-state index in [9.17, 15) is 4.79 Å². The van der Waals surface area contributed by atoms with Crippen molar-refractivity contribution in [3.63, 3.8) is 0 Å². The van der Waals surface area contributed by atoms with Gasteiger partial charge in [0.2, 0.25) is 5.69 Å². The lowest BCUT2D eigenvalue weighted by Gasteiger charge is -2.06. The Kier molecular flexibility index (Phi) is 4.12. The summed E-state index contributed by atoms with van der Waals surface area (Å²) in [6.07, 6.45) is 0. The number of hydrogen-bond donors (Lipinski definition) is 0. The molecule has 0 aliphatic carbocycles. The summed E-state index contributed by atoms with van der Waals surface area (Å²) in [5, 5.41) is 7.60. The first-order valence-corrected chi connectivity index (χ1v) is 5.96. The molecule has 0 saturated carbocycles. The SMILES string of the molecule is CCOC(=O)c1c(OCc2ccccc2)nnn1C. The topological polar surface area (TPSA) is 66.2 Å². The molecule has 0 bridgehead atoms. The normalized spacial score (nSPS) is 10.2. The number of benzene rings is 1. The van der Waals surface area contributed by atoms with Gasteiger partial charge in [-0.25, -0.2) is 9.48 Å². The Labute approximate surface area is 110 Å². The Bertz CT molecular complexity index is 552. The van der Waals surface area contributed by atoms with Gasteiger partial charge in [-0.3, -0.25) is 0 Å². The summed E-state index contributed by atoms with van der Waals surface area (Å²) in [4.78, 5) is 11.8. The van der Waals surface area contributed by atoms with Crippen LogP contribution in [0.5, 0.6) is 5.88 Å². The van der Waals surface area contributed by atoms with Crippen molar-refractivity contribution in [2.45, 2.75) is 13.5 Å². The van der Waals surface area contributed by atoms with E-state index in [1.807, 2.05) is 30.3 Å². The number of rotatable bonds is 5. The molecule has 0 fully saturated rings. The maximum absolute atomic E-state index is 11.8. The maximum atomic E-state index is 11.8. The first kappa shape index (κ1) is 13.1. The quantitative estimate of drug-likeness (QED) is 0.764. The lowest BCUT2D eigenvalue weighted by Crippen LogP contribution is -2.12. The van der Waals surface area contributed by atoms with Crippen LogP contribution in [0.1, 0.15) is 23.0 Å². The van der Waals surface area contributed by atoms with Gasteiger partial charge >= 0.3 is 5.97 Å². The number of esters is 1. The summed E-state index contributed by atoms with van der Waals surface area (Å²) in [6, 6.07) is 9.62. The minimum atomic E-state index is -0.488. The number of aryl methyl sites for hydroxylation is 1. The first-order valence-electron chi connectivity index (χ1n) is 5.96. The highest BCUT2D eigenvalue weighted by Crippen LogP contribution is 2.16. The average molecular weight is 261 g/mol. The van der Waals surface area contributed by atoms with E-state index in [0.717, 1.165) is 5.56 Å². The van der Waals surface area contributed by atoms with E-state index in [0.29, 0.717) is 13.2 Å². The molecule has 2 aromatic rings. The molecule has 0 aliphatic heterocycles. The molecule has 0 atom stereocenters. The van der Waals surface area contributed by atoms with Gasteiger partial charge in [0.25, 0.3) is 5.88 Å². The van der Waals surface area contributed by atoms with Crippen LogP contribution in [-0.2, 0) is 18.4 Å². The lowest BCUT2D eigenvalue weighted by atomic mass is 10.2. The number of hydrogen-bond acceptors (Lipinski definition) is 5. The first-order chi connectivity index (χ1) is 9.22. The maximum Gasteiger partial charge on any atom is 0.362 e. The second-order valence-corrected chi connectivity index (χ2v) is 3.86. The summed E-state index contributed by atoms with van der Waals surface area (Å²) in [5.74, 6) is -0.303. The van der Waals surface area contributed by atoms with Gasteiger partial charge < -0.3 is 9.47 Å². The highest BCUT2D eigenvalue weighted by Gasteiger charge is 2.21. The molecule has 0 radical (unpaired) electrons. The largest absolute Gasteiger partial charge is 0.470 e. The third-order valence-corrected chi connectivity index (χ3v) is 2.48. The van der Waals surface area contributed by atoms with Crippen LogP contribution < -0.4 is 4.74 Å². The van der Waals surface area contributed by atoms with E-state index in [4.69, 9.17) is 9.47 Å². The lowest BCUT2D eigenvalue weighted by molar-refractivity contribution is 0.0508. The second kappa shape index (κ2) is 5.99. The highest BCUT2D eigenvalue weighted by molar-refractivity contribution is 5.89. The molecule has 0 unspecified atom stereocenters. The van der Waals surface area contributed by atoms with E-state index in [1.165, 1.54) is 4.68 Å². The minimum absolute atomic E-state index is 0.185. The second-order valence-electron chi connectivity index (χ2n) is 3.86. The predicted octanol–water partition coefficient (Wildman–Crippen LogP) is 1.57. The van der Waals surface area contributed by atoms with Crippen molar-refractivity contribution in [2.24, 2.45) is 7.05 Å². The monoisotopic (exact) mass is 261 g/mol. The van der Waals surface area contributed by atoms with E-state index >= 15 is 0 Å². The molecule has 0 N–H and O–H groups in total.